The van der Waals surface area contributed by atoms with Gasteiger partial charge in [0.1, 0.15) is 5.75 Å². The van der Waals surface area contributed by atoms with Crippen molar-refractivity contribution in [3.05, 3.63) is 63.2 Å². The van der Waals surface area contributed by atoms with Crippen LogP contribution in [0.5, 0.6) is 5.75 Å². The number of nitro benzene ring substituents is 1. The first-order valence-electron chi connectivity index (χ1n) is 7.41. The smallest absolute Gasteiger partial charge is 0.339 e. The minimum Gasteiger partial charge on any atom is -0.495 e. The predicted molar refractivity (Wildman–Crippen MR) is 94.6 cm³/mol. The summed E-state index contributed by atoms with van der Waals surface area (Å²) in [5.41, 5.74) is 0.0441. The first kappa shape index (κ1) is 19.2. The normalized spacial score (nSPS) is 11.3. The molecule has 0 aromatic heterocycles. The molecule has 0 bridgehead atoms. The van der Waals surface area contributed by atoms with Crippen molar-refractivity contribution in [1.82, 2.24) is 0 Å². The predicted octanol–water partition coefficient (Wildman–Crippen LogP) is 3.44. The van der Waals surface area contributed by atoms with Gasteiger partial charge in [-0.25, -0.2) is 4.79 Å². The number of nitrogens with one attached hydrogen (secondary N) is 1. The second-order valence-electron chi connectivity index (χ2n) is 5.19. The van der Waals surface area contributed by atoms with Crippen LogP contribution in [-0.4, -0.2) is 30.0 Å². The Morgan fingerprint density at radius 3 is 2.62 bits per heavy atom. The molecule has 0 aliphatic carbocycles. The van der Waals surface area contributed by atoms with Gasteiger partial charge in [0.15, 0.2) is 6.10 Å². The third kappa shape index (κ3) is 4.70. The second-order valence-corrected chi connectivity index (χ2v) is 5.63. The van der Waals surface area contributed by atoms with E-state index in [1.54, 1.807) is 12.1 Å². The molecule has 0 saturated carbocycles. The first-order valence-corrected chi connectivity index (χ1v) is 7.79. The van der Waals surface area contributed by atoms with E-state index in [9.17, 15) is 19.7 Å². The molecule has 0 radical (unpaired) electrons. The minimum atomic E-state index is -1.15. The van der Waals surface area contributed by atoms with Crippen LogP contribution in [0.25, 0.3) is 0 Å². The number of amides is 1. The number of non-ortho nitro benzene ring substituents is 1. The van der Waals surface area contributed by atoms with Gasteiger partial charge in [0.05, 0.1) is 23.3 Å². The fraction of sp³-hybridized carbons (Fsp3) is 0.176. The molecule has 26 heavy (non-hydrogen) atoms. The SMILES string of the molecule is COc1ccc(Cl)cc1NC(=O)[C@@H](C)OC(=O)c1cccc([N+](=O)[O-])c1. The average Bonchev–Trinajstić information content (AvgIpc) is 2.61. The summed E-state index contributed by atoms with van der Waals surface area (Å²) in [6.07, 6.45) is -1.15. The van der Waals surface area contributed by atoms with Crippen LogP contribution in [0, 0.1) is 10.1 Å². The number of carbonyl (C=O) groups excluding carboxylic acids is 2. The van der Waals surface area contributed by atoms with E-state index in [2.05, 4.69) is 5.32 Å². The molecule has 0 aliphatic heterocycles. The van der Waals surface area contributed by atoms with Crippen molar-refractivity contribution >= 4 is 34.9 Å². The number of methoxy groups -OCH3 is 1. The number of hydrogen-bond donors (Lipinski definition) is 1. The number of nitro groups is 1. The molecule has 1 atom stereocenters. The molecule has 0 aliphatic rings. The van der Waals surface area contributed by atoms with Crippen LogP contribution in [0.4, 0.5) is 11.4 Å². The molecule has 2 aromatic rings. The van der Waals surface area contributed by atoms with Crippen molar-refractivity contribution in [2.24, 2.45) is 0 Å². The van der Waals surface area contributed by atoms with Crippen LogP contribution in [0.2, 0.25) is 5.02 Å². The van der Waals surface area contributed by atoms with Crippen molar-refractivity contribution in [3.63, 3.8) is 0 Å². The maximum Gasteiger partial charge on any atom is 0.339 e. The Morgan fingerprint density at radius 1 is 1.23 bits per heavy atom. The van der Waals surface area contributed by atoms with E-state index in [0.29, 0.717) is 16.5 Å². The zero-order valence-electron chi connectivity index (χ0n) is 13.9. The van der Waals surface area contributed by atoms with Crippen LogP contribution in [-0.2, 0) is 9.53 Å². The number of halogens is 1. The van der Waals surface area contributed by atoms with Crippen molar-refractivity contribution in [2.75, 3.05) is 12.4 Å². The molecule has 9 heteroatoms. The topological polar surface area (TPSA) is 108 Å². The standard InChI is InChI=1S/C17H15ClN2O6/c1-10(16(21)19-14-9-12(18)6-7-15(14)25-2)26-17(22)11-4-3-5-13(8-11)20(23)24/h3-10H,1-2H3,(H,19,21)/t10-/m1/s1. The summed E-state index contributed by atoms with van der Waals surface area (Å²) < 4.78 is 10.2. The largest absolute Gasteiger partial charge is 0.495 e. The molecule has 0 heterocycles. The van der Waals surface area contributed by atoms with Crippen molar-refractivity contribution < 1.29 is 24.0 Å². The van der Waals surface area contributed by atoms with E-state index in [4.69, 9.17) is 21.1 Å². The van der Waals surface area contributed by atoms with Crippen LogP contribution in [0.1, 0.15) is 17.3 Å². The lowest BCUT2D eigenvalue weighted by molar-refractivity contribution is -0.384. The zero-order chi connectivity index (χ0) is 19.3. The summed E-state index contributed by atoms with van der Waals surface area (Å²) in [6.45, 7) is 1.38. The summed E-state index contributed by atoms with van der Waals surface area (Å²) in [5, 5.41) is 13.7. The van der Waals surface area contributed by atoms with Crippen molar-refractivity contribution in [2.45, 2.75) is 13.0 Å². The van der Waals surface area contributed by atoms with Gasteiger partial charge in [-0.05, 0) is 31.2 Å². The van der Waals surface area contributed by atoms with Gasteiger partial charge in [-0.1, -0.05) is 17.7 Å². The van der Waals surface area contributed by atoms with E-state index < -0.39 is 22.9 Å². The maximum atomic E-state index is 12.2. The van der Waals surface area contributed by atoms with E-state index in [1.807, 2.05) is 0 Å². The van der Waals surface area contributed by atoms with Crippen molar-refractivity contribution in [3.8, 4) is 5.75 Å². The Morgan fingerprint density at radius 2 is 1.96 bits per heavy atom. The van der Waals surface area contributed by atoms with Crippen LogP contribution < -0.4 is 10.1 Å². The Balaban J connectivity index is 2.07. The minimum absolute atomic E-state index is 0.0285. The molecule has 0 spiro atoms. The summed E-state index contributed by atoms with van der Waals surface area (Å²) in [7, 11) is 1.44. The zero-order valence-corrected chi connectivity index (χ0v) is 14.6. The van der Waals surface area contributed by atoms with Crippen LogP contribution in [0.3, 0.4) is 0 Å². The highest BCUT2D eigenvalue weighted by molar-refractivity contribution is 6.31. The lowest BCUT2D eigenvalue weighted by Gasteiger charge is -2.15. The summed E-state index contributed by atoms with van der Waals surface area (Å²) >= 11 is 5.89. The van der Waals surface area contributed by atoms with E-state index in [-0.39, 0.29) is 11.3 Å². The summed E-state index contributed by atoms with van der Waals surface area (Å²) in [6, 6.07) is 9.72. The van der Waals surface area contributed by atoms with Crippen LogP contribution >= 0.6 is 11.6 Å². The number of hydrogen-bond acceptors (Lipinski definition) is 6. The quantitative estimate of drug-likeness (QED) is 0.468. The molecule has 136 valence electrons. The summed E-state index contributed by atoms with van der Waals surface area (Å²) in [4.78, 5) is 34.5. The molecule has 8 nitrogen and oxygen atoms in total. The molecule has 1 N–H and O–H groups in total. The van der Waals surface area contributed by atoms with Gasteiger partial charge in [-0.15, -0.1) is 0 Å². The third-order valence-corrected chi connectivity index (χ3v) is 3.60. The highest BCUT2D eigenvalue weighted by Gasteiger charge is 2.21. The van der Waals surface area contributed by atoms with Gasteiger partial charge in [0.2, 0.25) is 0 Å². The van der Waals surface area contributed by atoms with E-state index in [0.717, 1.165) is 6.07 Å². The Labute approximate surface area is 153 Å². The molecular formula is C17H15ClN2O6. The molecule has 2 aromatic carbocycles. The van der Waals surface area contributed by atoms with Gasteiger partial charge >= 0.3 is 5.97 Å². The van der Waals surface area contributed by atoms with Crippen molar-refractivity contribution in [1.29, 1.82) is 0 Å². The van der Waals surface area contributed by atoms with Gasteiger partial charge in [-0.3, -0.25) is 14.9 Å². The number of rotatable bonds is 6. The lowest BCUT2D eigenvalue weighted by atomic mass is 10.2. The fourth-order valence-corrected chi connectivity index (χ4v) is 2.21. The number of benzene rings is 2. The molecule has 2 rings (SSSR count). The van der Waals surface area contributed by atoms with E-state index >= 15 is 0 Å². The number of carbonyl (C=O) groups is 2. The maximum absolute atomic E-state index is 12.2. The van der Waals surface area contributed by atoms with E-state index in [1.165, 1.54) is 38.3 Å². The first-order chi connectivity index (χ1) is 12.3. The average molecular weight is 379 g/mol. The van der Waals surface area contributed by atoms with Crippen LogP contribution in [0.15, 0.2) is 42.5 Å². The fourth-order valence-electron chi connectivity index (χ4n) is 2.04. The third-order valence-electron chi connectivity index (χ3n) is 3.37. The molecule has 0 saturated heterocycles. The number of nitrogens with zero attached hydrogens (tertiary/aromatic N) is 1. The summed E-state index contributed by atoms with van der Waals surface area (Å²) in [5.74, 6) is -1.07. The molecule has 0 unspecified atom stereocenters. The highest BCUT2D eigenvalue weighted by atomic mass is 35.5. The monoisotopic (exact) mass is 378 g/mol. The lowest BCUT2D eigenvalue weighted by Crippen LogP contribution is -2.30. The highest BCUT2D eigenvalue weighted by Crippen LogP contribution is 2.28. The number of ether oxygens (including phenoxy) is 2. The van der Waals surface area contributed by atoms with Gasteiger partial charge in [-0.2, -0.15) is 0 Å². The van der Waals surface area contributed by atoms with Gasteiger partial charge < -0.3 is 14.8 Å². The molecular weight excluding hydrogens is 364 g/mol. The second kappa shape index (κ2) is 8.30. The Hall–Kier alpha value is -3.13. The molecule has 0 fully saturated rings. The molecule has 1 amide bonds. The Bertz CT molecular complexity index is 855. The number of esters is 1. The van der Waals surface area contributed by atoms with Gasteiger partial charge in [0.25, 0.3) is 11.6 Å². The van der Waals surface area contributed by atoms with Gasteiger partial charge in [0, 0.05) is 17.2 Å². The Kier molecular flexibility index (Phi) is 6.13. The number of anilines is 1.